The summed E-state index contributed by atoms with van der Waals surface area (Å²) in [6.07, 6.45) is 2.33. The number of benzene rings is 1. The Kier molecular flexibility index (Phi) is 5.63. The van der Waals surface area contributed by atoms with Crippen molar-refractivity contribution >= 4 is 18.3 Å². The first kappa shape index (κ1) is 15.8. The van der Waals surface area contributed by atoms with E-state index in [9.17, 15) is 4.79 Å². The van der Waals surface area contributed by atoms with Crippen LogP contribution in [0, 0.1) is 12.8 Å². The summed E-state index contributed by atoms with van der Waals surface area (Å²) in [6.45, 7) is 2.45. The van der Waals surface area contributed by atoms with Crippen LogP contribution in [0.1, 0.15) is 28.8 Å². The van der Waals surface area contributed by atoms with Gasteiger partial charge in [0.05, 0.1) is 7.11 Å². The molecule has 5 heteroatoms. The second-order valence-electron chi connectivity index (χ2n) is 4.84. The number of nitrogens with one attached hydrogen (secondary N) is 1. The smallest absolute Gasteiger partial charge is 0.251 e. The molecule has 1 saturated carbocycles. The first-order valence-electron chi connectivity index (χ1n) is 6.31. The highest BCUT2D eigenvalue weighted by Gasteiger charge is 2.31. The van der Waals surface area contributed by atoms with E-state index in [1.807, 2.05) is 19.1 Å². The van der Waals surface area contributed by atoms with Gasteiger partial charge < -0.3 is 15.8 Å². The van der Waals surface area contributed by atoms with Crippen molar-refractivity contribution in [1.82, 2.24) is 5.32 Å². The van der Waals surface area contributed by atoms with Gasteiger partial charge in [-0.15, -0.1) is 12.4 Å². The molecule has 1 fully saturated rings. The Balaban J connectivity index is 0.00000180. The highest BCUT2D eigenvalue weighted by atomic mass is 35.5. The Labute approximate surface area is 120 Å². The van der Waals surface area contributed by atoms with Gasteiger partial charge in [-0.2, -0.15) is 0 Å². The fraction of sp³-hybridized carbons (Fsp3) is 0.500. The van der Waals surface area contributed by atoms with Crippen molar-refractivity contribution in [1.29, 1.82) is 0 Å². The lowest BCUT2D eigenvalue weighted by Crippen LogP contribution is -2.41. The minimum Gasteiger partial charge on any atom is -0.496 e. The second-order valence-corrected chi connectivity index (χ2v) is 4.84. The van der Waals surface area contributed by atoms with Gasteiger partial charge in [-0.25, -0.2) is 0 Å². The van der Waals surface area contributed by atoms with Gasteiger partial charge in [-0.1, -0.05) is 6.07 Å². The zero-order valence-electron chi connectivity index (χ0n) is 11.3. The molecule has 0 saturated heterocycles. The van der Waals surface area contributed by atoms with E-state index >= 15 is 0 Å². The number of hydrogen-bond donors (Lipinski definition) is 2. The number of rotatable bonds is 5. The van der Waals surface area contributed by atoms with Gasteiger partial charge in [0.2, 0.25) is 0 Å². The van der Waals surface area contributed by atoms with Crippen LogP contribution < -0.4 is 15.8 Å². The van der Waals surface area contributed by atoms with Crippen LogP contribution in [0.4, 0.5) is 0 Å². The van der Waals surface area contributed by atoms with Crippen LogP contribution in [0.3, 0.4) is 0 Å². The Morgan fingerprint density at radius 3 is 2.74 bits per heavy atom. The molecule has 4 nitrogen and oxygen atoms in total. The van der Waals surface area contributed by atoms with Crippen LogP contribution in [0.15, 0.2) is 18.2 Å². The number of carbonyl (C=O) groups is 1. The Hall–Kier alpha value is -1.26. The summed E-state index contributed by atoms with van der Waals surface area (Å²) >= 11 is 0. The molecule has 1 aliphatic rings. The molecule has 0 radical (unpaired) electrons. The summed E-state index contributed by atoms with van der Waals surface area (Å²) in [4.78, 5) is 12.1. The molecular weight excluding hydrogens is 264 g/mol. The van der Waals surface area contributed by atoms with E-state index in [1.54, 1.807) is 13.2 Å². The molecular formula is C14H21ClN2O2. The molecule has 1 atom stereocenters. The third-order valence-corrected chi connectivity index (χ3v) is 3.43. The van der Waals surface area contributed by atoms with E-state index in [4.69, 9.17) is 10.5 Å². The van der Waals surface area contributed by atoms with Gasteiger partial charge in [-0.3, -0.25) is 4.79 Å². The van der Waals surface area contributed by atoms with Gasteiger partial charge in [-0.05, 0) is 43.4 Å². The summed E-state index contributed by atoms with van der Waals surface area (Å²) in [5, 5.41) is 3.00. The number of methoxy groups -OCH3 is 1. The first-order valence-corrected chi connectivity index (χ1v) is 6.31. The van der Waals surface area contributed by atoms with Crippen LogP contribution in [0.25, 0.3) is 0 Å². The number of aryl methyl sites for hydroxylation is 1. The maximum absolute atomic E-state index is 12.1. The van der Waals surface area contributed by atoms with Crippen LogP contribution in [-0.4, -0.2) is 25.6 Å². The summed E-state index contributed by atoms with van der Waals surface area (Å²) < 4.78 is 5.22. The molecule has 1 unspecified atom stereocenters. The summed E-state index contributed by atoms with van der Waals surface area (Å²) in [5.41, 5.74) is 7.32. The van der Waals surface area contributed by atoms with Gasteiger partial charge in [0.15, 0.2) is 0 Å². The number of ether oxygens (including phenoxy) is 1. The van der Waals surface area contributed by atoms with Crippen LogP contribution in [0.5, 0.6) is 5.75 Å². The van der Waals surface area contributed by atoms with Crippen LogP contribution in [0.2, 0.25) is 0 Å². The molecule has 0 spiro atoms. The lowest BCUT2D eigenvalue weighted by Gasteiger charge is -2.16. The average molecular weight is 285 g/mol. The van der Waals surface area contributed by atoms with Crippen molar-refractivity contribution in [3.63, 3.8) is 0 Å². The van der Waals surface area contributed by atoms with E-state index in [1.165, 1.54) is 12.8 Å². The van der Waals surface area contributed by atoms with E-state index in [-0.39, 0.29) is 24.4 Å². The van der Waals surface area contributed by atoms with Gasteiger partial charge >= 0.3 is 0 Å². The number of halogens is 1. The Morgan fingerprint density at radius 2 is 2.21 bits per heavy atom. The van der Waals surface area contributed by atoms with Crippen molar-refractivity contribution in [2.45, 2.75) is 25.8 Å². The molecule has 0 bridgehead atoms. The second kappa shape index (κ2) is 6.78. The monoisotopic (exact) mass is 284 g/mol. The predicted molar refractivity (Wildman–Crippen MR) is 78.0 cm³/mol. The highest BCUT2D eigenvalue weighted by Crippen LogP contribution is 2.32. The Bertz CT molecular complexity index is 447. The Morgan fingerprint density at radius 1 is 1.53 bits per heavy atom. The minimum absolute atomic E-state index is 0. The molecule has 1 amide bonds. The maximum atomic E-state index is 12.1. The number of amides is 1. The van der Waals surface area contributed by atoms with Crippen molar-refractivity contribution in [3.05, 3.63) is 29.3 Å². The number of carbonyl (C=O) groups excluding carboxylic acids is 1. The number of nitrogens with two attached hydrogens (primary N) is 1. The van der Waals surface area contributed by atoms with E-state index < -0.39 is 0 Å². The third-order valence-electron chi connectivity index (χ3n) is 3.43. The van der Waals surface area contributed by atoms with Crippen molar-refractivity contribution in [2.24, 2.45) is 11.7 Å². The summed E-state index contributed by atoms with van der Waals surface area (Å²) in [5.74, 6) is 1.22. The van der Waals surface area contributed by atoms with Crippen LogP contribution >= 0.6 is 12.4 Å². The van der Waals surface area contributed by atoms with Crippen molar-refractivity contribution in [3.8, 4) is 5.75 Å². The fourth-order valence-corrected chi connectivity index (χ4v) is 2.08. The standard InChI is InChI=1S/C14H20N2O2.ClH/c1-9-3-4-11(7-13(9)18-2)14(17)16-12(8-15)10-5-6-10;/h3-4,7,10,12H,5-6,8,15H2,1-2H3,(H,16,17);1H. The quantitative estimate of drug-likeness (QED) is 0.868. The van der Waals surface area contributed by atoms with E-state index in [0.29, 0.717) is 18.0 Å². The lowest BCUT2D eigenvalue weighted by molar-refractivity contribution is 0.0933. The molecule has 0 aromatic heterocycles. The number of hydrogen-bond acceptors (Lipinski definition) is 3. The average Bonchev–Trinajstić information content (AvgIpc) is 3.20. The lowest BCUT2D eigenvalue weighted by atomic mass is 10.1. The zero-order chi connectivity index (χ0) is 13.1. The topological polar surface area (TPSA) is 64.3 Å². The molecule has 1 aliphatic carbocycles. The molecule has 3 N–H and O–H groups in total. The molecule has 106 valence electrons. The van der Waals surface area contributed by atoms with Gasteiger partial charge in [0, 0.05) is 18.2 Å². The van der Waals surface area contributed by atoms with Crippen molar-refractivity contribution in [2.75, 3.05) is 13.7 Å². The summed E-state index contributed by atoms with van der Waals surface area (Å²) in [6, 6.07) is 5.58. The predicted octanol–water partition coefficient (Wildman–Crippen LogP) is 1.89. The molecule has 1 aromatic carbocycles. The van der Waals surface area contributed by atoms with E-state index in [2.05, 4.69) is 5.32 Å². The molecule has 0 aliphatic heterocycles. The maximum Gasteiger partial charge on any atom is 0.251 e. The van der Waals surface area contributed by atoms with Crippen LogP contribution in [-0.2, 0) is 0 Å². The SMILES string of the molecule is COc1cc(C(=O)NC(CN)C2CC2)ccc1C.Cl. The molecule has 19 heavy (non-hydrogen) atoms. The van der Waals surface area contributed by atoms with E-state index in [0.717, 1.165) is 11.3 Å². The molecule has 0 heterocycles. The first-order chi connectivity index (χ1) is 8.65. The summed E-state index contributed by atoms with van der Waals surface area (Å²) in [7, 11) is 1.61. The largest absolute Gasteiger partial charge is 0.496 e. The third kappa shape index (κ3) is 3.85. The normalized spacial score (nSPS) is 15.3. The molecule has 2 rings (SSSR count). The minimum atomic E-state index is -0.0735. The van der Waals surface area contributed by atoms with Gasteiger partial charge in [0.25, 0.3) is 5.91 Å². The molecule has 1 aromatic rings. The van der Waals surface area contributed by atoms with Crippen molar-refractivity contribution < 1.29 is 9.53 Å². The fourth-order valence-electron chi connectivity index (χ4n) is 2.08. The highest BCUT2D eigenvalue weighted by molar-refractivity contribution is 5.95. The van der Waals surface area contributed by atoms with Gasteiger partial charge in [0.1, 0.15) is 5.75 Å². The zero-order valence-corrected chi connectivity index (χ0v) is 12.1.